The summed E-state index contributed by atoms with van der Waals surface area (Å²) in [4.78, 5) is 3.75. The van der Waals surface area contributed by atoms with Gasteiger partial charge in [-0.3, -0.25) is 4.99 Å². The van der Waals surface area contributed by atoms with Crippen LogP contribution in [0.15, 0.2) is 17.3 Å². The van der Waals surface area contributed by atoms with Crippen LogP contribution in [0, 0.1) is 5.92 Å². The van der Waals surface area contributed by atoms with E-state index in [9.17, 15) is 0 Å². The molecule has 0 fully saturated rings. The van der Waals surface area contributed by atoms with Gasteiger partial charge in [-0.25, -0.2) is 0 Å². The van der Waals surface area contributed by atoms with E-state index in [1.807, 2.05) is 6.20 Å². The fourth-order valence-electron chi connectivity index (χ4n) is 0.366. The van der Waals surface area contributed by atoms with E-state index in [-0.39, 0.29) is 0 Å². The third-order valence-electron chi connectivity index (χ3n) is 0.781. The largest absolute Gasteiger partial charge is 0.353 e. The zero-order chi connectivity index (χ0) is 7.11. The normalized spacial score (nSPS) is 12.0. The van der Waals surface area contributed by atoms with E-state index < -0.39 is 0 Å². The number of aliphatic imine (C=N–C) groups is 1. The average Bonchev–Trinajstić information content (AvgIpc) is 1.80. The standard InChI is InChI=1S/C7H14N2/c1-7(2)4-5-9-6-8-3/h4-7H,1-3H3,(H,8,9)/b5-4+. The van der Waals surface area contributed by atoms with Crippen LogP contribution in [0.5, 0.6) is 0 Å². The van der Waals surface area contributed by atoms with Crippen molar-refractivity contribution in [2.45, 2.75) is 13.8 Å². The lowest BCUT2D eigenvalue weighted by Gasteiger charge is -1.91. The summed E-state index contributed by atoms with van der Waals surface area (Å²) in [7, 11) is 1.73. The minimum atomic E-state index is 0.600. The second-order valence-electron chi connectivity index (χ2n) is 2.16. The molecule has 2 nitrogen and oxygen atoms in total. The van der Waals surface area contributed by atoms with Crippen LogP contribution in [0.2, 0.25) is 0 Å². The first-order valence-corrected chi connectivity index (χ1v) is 3.10. The molecule has 0 saturated carbocycles. The molecule has 0 atom stereocenters. The summed E-state index contributed by atoms with van der Waals surface area (Å²) in [5, 5.41) is 2.89. The van der Waals surface area contributed by atoms with Crippen LogP contribution in [0.1, 0.15) is 13.8 Å². The van der Waals surface area contributed by atoms with Gasteiger partial charge in [-0.15, -0.1) is 0 Å². The van der Waals surface area contributed by atoms with E-state index in [2.05, 4.69) is 30.2 Å². The molecule has 52 valence electrons. The van der Waals surface area contributed by atoms with E-state index in [4.69, 9.17) is 0 Å². The lowest BCUT2D eigenvalue weighted by atomic mass is 10.2. The maximum Gasteiger partial charge on any atom is 0.0859 e. The monoisotopic (exact) mass is 126 g/mol. The number of hydrogen-bond donors (Lipinski definition) is 1. The predicted molar refractivity (Wildman–Crippen MR) is 41.5 cm³/mol. The summed E-state index contributed by atoms with van der Waals surface area (Å²) in [6.07, 6.45) is 5.61. The van der Waals surface area contributed by atoms with E-state index in [1.165, 1.54) is 0 Å². The fourth-order valence-corrected chi connectivity index (χ4v) is 0.366. The molecule has 0 amide bonds. The molecule has 0 aliphatic rings. The van der Waals surface area contributed by atoms with Gasteiger partial charge in [-0.05, 0) is 12.1 Å². The van der Waals surface area contributed by atoms with Gasteiger partial charge in [0, 0.05) is 7.05 Å². The summed E-state index contributed by atoms with van der Waals surface area (Å²) < 4.78 is 0. The van der Waals surface area contributed by atoms with Gasteiger partial charge in [0.25, 0.3) is 0 Å². The van der Waals surface area contributed by atoms with E-state index in [0.29, 0.717) is 5.92 Å². The Labute approximate surface area is 56.7 Å². The van der Waals surface area contributed by atoms with Crippen molar-refractivity contribution in [1.82, 2.24) is 5.32 Å². The Morgan fingerprint density at radius 2 is 2.11 bits per heavy atom. The van der Waals surface area contributed by atoms with Gasteiger partial charge in [-0.1, -0.05) is 19.9 Å². The topological polar surface area (TPSA) is 24.4 Å². The highest BCUT2D eigenvalue weighted by Gasteiger charge is 1.79. The Kier molecular flexibility index (Phi) is 4.88. The molecule has 0 aromatic rings. The minimum Gasteiger partial charge on any atom is -0.353 e. The van der Waals surface area contributed by atoms with Crippen molar-refractivity contribution in [3.05, 3.63) is 12.3 Å². The van der Waals surface area contributed by atoms with Gasteiger partial charge in [0.2, 0.25) is 0 Å². The van der Waals surface area contributed by atoms with Crippen molar-refractivity contribution in [2.24, 2.45) is 10.9 Å². The zero-order valence-electron chi connectivity index (χ0n) is 6.26. The smallest absolute Gasteiger partial charge is 0.0859 e. The van der Waals surface area contributed by atoms with Gasteiger partial charge in [0.15, 0.2) is 0 Å². The van der Waals surface area contributed by atoms with E-state index in [0.717, 1.165) is 0 Å². The third-order valence-corrected chi connectivity index (χ3v) is 0.781. The molecule has 0 rings (SSSR count). The lowest BCUT2D eigenvalue weighted by Crippen LogP contribution is -1.99. The van der Waals surface area contributed by atoms with Gasteiger partial charge >= 0.3 is 0 Å². The Hall–Kier alpha value is -0.790. The van der Waals surface area contributed by atoms with E-state index in [1.54, 1.807) is 13.4 Å². The molecule has 0 spiro atoms. The van der Waals surface area contributed by atoms with Crippen molar-refractivity contribution < 1.29 is 0 Å². The molecule has 0 aromatic heterocycles. The van der Waals surface area contributed by atoms with Crippen LogP contribution in [0.4, 0.5) is 0 Å². The molecular formula is C7H14N2. The summed E-state index contributed by atoms with van der Waals surface area (Å²) >= 11 is 0. The van der Waals surface area contributed by atoms with Crippen LogP contribution in [0.3, 0.4) is 0 Å². The molecule has 0 aliphatic heterocycles. The predicted octanol–water partition coefficient (Wildman–Crippen LogP) is 1.40. The molecule has 0 aromatic carbocycles. The molecule has 0 heterocycles. The highest BCUT2D eigenvalue weighted by Crippen LogP contribution is 1.90. The first-order chi connectivity index (χ1) is 4.27. The summed E-state index contributed by atoms with van der Waals surface area (Å²) in [5.41, 5.74) is 0. The number of allylic oxidation sites excluding steroid dienone is 1. The van der Waals surface area contributed by atoms with Crippen LogP contribution in [-0.2, 0) is 0 Å². The Morgan fingerprint density at radius 1 is 1.44 bits per heavy atom. The summed E-state index contributed by atoms with van der Waals surface area (Å²) in [6.45, 7) is 4.25. The first-order valence-electron chi connectivity index (χ1n) is 3.10. The second kappa shape index (κ2) is 5.35. The number of nitrogens with zero attached hydrogens (tertiary/aromatic N) is 1. The Bertz CT molecular complexity index is 103. The number of nitrogens with one attached hydrogen (secondary N) is 1. The van der Waals surface area contributed by atoms with Crippen molar-refractivity contribution in [1.29, 1.82) is 0 Å². The molecule has 9 heavy (non-hydrogen) atoms. The van der Waals surface area contributed by atoms with Crippen LogP contribution >= 0.6 is 0 Å². The van der Waals surface area contributed by atoms with Crippen LogP contribution < -0.4 is 5.32 Å². The number of rotatable bonds is 3. The molecule has 2 heteroatoms. The maximum atomic E-state index is 3.75. The molecular weight excluding hydrogens is 112 g/mol. The van der Waals surface area contributed by atoms with Gasteiger partial charge in [-0.2, -0.15) is 0 Å². The fraction of sp³-hybridized carbons (Fsp3) is 0.571. The third kappa shape index (κ3) is 7.21. The summed E-state index contributed by atoms with van der Waals surface area (Å²) in [6, 6.07) is 0. The SMILES string of the molecule is C/N=C\N/C=C/C(C)C. The highest BCUT2D eigenvalue weighted by atomic mass is 14.9. The van der Waals surface area contributed by atoms with Gasteiger partial charge < -0.3 is 5.32 Å². The zero-order valence-corrected chi connectivity index (χ0v) is 6.26. The van der Waals surface area contributed by atoms with Crippen molar-refractivity contribution >= 4 is 6.34 Å². The minimum absolute atomic E-state index is 0.600. The van der Waals surface area contributed by atoms with Gasteiger partial charge in [0.1, 0.15) is 0 Å². The van der Waals surface area contributed by atoms with E-state index >= 15 is 0 Å². The number of hydrogen-bond acceptors (Lipinski definition) is 1. The Morgan fingerprint density at radius 3 is 2.56 bits per heavy atom. The molecule has 0 unspecified atom stereocenters. The molecule has 0 radical (unpaired) electrons. The quantitative estimate of drug-likeness (QED) is 0.448. The Balaban J connectivity index is 3.25. The first kappa shape index (κ1) is 8.21. The van der Waals surface area contributed by atoms with Gasteiger partial charge in [0.05, 0.1) is 6.34 Å². The second-order valence-corrected chi connectivity index (χ2v) is 2.16. The highest BCUT2D eigenvalue weighted by molar-refractivity contribution is 5.55. The van der Waals surface area contributed by atoms with Crippen LogP contribution in [-0.4, -0.2) is 13.4 Å². The van der Waals surface area contributed by atoms with Crippen molar-refractivity contribution in [3.63, 3.8) is 0 Å². The van der Waals surface area contributed by atoms with Crippen molar-refractivity contribution in [2.75, 3.05) is 7.05 Å². The maximum absolute atomic E-state index is 3.75. The summed E-state index contributed by atoms with van der Waals surface area (Å²) in [5.74, 6) is 0.600. The molecule has 0 bridgehead atoms. The average molecular weight is 126 g/mol. The lowest BCUT2D eigenvalue weighted by molar-refractivity contribution is 0.826. The molecule has 0 aliphatic carbocycles. The van der Waals surface area contributed by atoms with Crippen LogP contribution in [0.25, 0.3) is 0 Å². The molecule has 1 N–H and O–H groups in total. The van der Waals surface area contributed by atoms with Crippen molar-refractivity contribution in [3.8, 4) is 0 Å². The molecule has 0 saturated heterocycles.